The van der Waals surface area contributed by atoms with E-state index in [0.717, 1.165) is 16.9 Å². The van der Waals surface area contributed by atoms with Gasteiger partial charge in [0.1, 0.15) is 17.2 Å². The summed E-state index contributed by atoms with van der Waals surface area (Å²) in [5.74, 6) is 0.729. The van der Waals surface area contributed by atoms with Gasteiger partial charge >= 0.3 is 0 Å². The highest BCUT2D eigenvalue weighted by atomic mass is 16.5. The molecule has 0 aliphatic heterocycles. The van der Waals surface area contributed by atoms with Crippen LogP contribution in [0.2, 0.25) is 0 Å². The fourth-order valence-corrected chi connectivity index (χ4v) is 2.70. The van der Waals surface area contributed by atoms with Gasteiger partial charge in [0, 0.05) is 12.1 Å². The Morgan fingerprint density at radius 1 is 1.23 bits per heavy atom. The topological polar surface area (TPSA) is 87.2 Å². The standard InChI is InChI=1S/C20H21N3O3/c1-13-7-8-14(11-19(13)26-2)9-10-21-20(25)17-12-16(22-23-17)15-5-3-4-6-18(15)24/h3-8,11-12,24H,9-10H2,1-2H3,(H,21,25)(H,22,23). The minimum Gasteiger partial charge on any atom is -0.507 e. The largest absolute Gasteiger partial charge is 0.507 e. The van der Waals surface area contributed by atoms with Crippen LogP contribution in [0.1, 0.15) is 21.6 Å². The second kappa shape index (κ2) is 7.74. The smallest absolute Gasteiger partial charge is 0.269 e. The van der Waals surface area contributed by atoms with Crippen molar-refractivity contribution in [3.63, 3.8) is 0 Å². The molecule has 1 aromatic heterocycles. The Morgan fingerprint density at radius 3 is 2.81 bits per heavy atom. The Bertz CT molecular complexity index is 918. The van der Waals surface area contributed by atoms with Crippen molar-refractivity contribution < 1.29 is 14.6 Å². The lowest BCUT2D eigenvalue weighted by Crippen LogP contribution is -2.26. The average molecular weight is 351 g/mol. The van der Waals surface area contributed by atoms with E-state index in [9.17, 15) is 9.90 Å². The number of carbonyl (C=O) groups is 1. The Labute approximate surface area is 151 Å². The molecule has 0 aliphatic rings. The highest BCUT2D eigenvalue weighted by Crippen LogP contribution is 2.27. The molecular formula is C20H21N3O3. The van der Waals surface area contributed by atoms with E-state index in [2.05, 4.69) is 15.5 Å². The molecule has 6 heteroatoms. The van der Waals surface area contributed by atoms with Crippen LogP contribution in [0.15, 0.2) is 48.5 Å². The predicted octanol–water partition coefficient (Wildman–Crippen LogP) is 3.07. The number of methoxy groups -OCH3 is 1. The number of ether oxygens (including phenoxy) is 1. The van der Waals surface area contributed by atoms with Gasteiger partial charge in [-0.1, -0.05) is 24.3 Å². The third-order valence-electron chi connectivity index (χ3n) is 4.17. The molecular weight excluding hydrogens is 330 g/mol. The van der Waals surface area contributed by atoms with Crippen LogP contribution in [-0.2, 0) is 6.42 Å². The van der Waals surface area contributed by atoms with Crippen molar-refractivity contribution >= 4 is 5.91 Å². The van der Waals surface area contributed by atoms with Crippen LogP contribution in [0.25, 0.3) is 11.3 Å². The van der Waals surface area contributed by atoms with E-state index < -0.39 is 0 Å². The van der Waals surface area contributed by atoms with Crippen LogP contribution in [0.3, 0.4) is 0 Å². The van der Waals surface area contributed by atoms with E-state index in [-0.39, 0.29) is 11.7 Å². The number of phenolic OH excluding ortho intramolecular Hbond substituents is 1. The van der Waals surface area contributed by atoms with Gasteiger partial charge in [-0.05, 0) is 48.7 Å². The lowest BCUT2D eigenvalue weighted by Gasteiger charge is -2.08. The van der Waals surface area contributed by atoms with Crippen molar-refractivity contribution in [3.05, 3.63) is 65.4 Å². The first-order chi connectivity index (χ1) is 12.6. The van der Waals surface area contributed by atoms with Crippen molar-refractivity contribution in [2.45, 2.75) is 13.3 Å². The molecule has 0 fully saturated rings. The Morgan fingerprint density at radius 2 is 2.04 bits per heavy atom. The second-order valence-corrected chi connectivity index (χ2v) is 5.99. The molecule has 0 radical (unpaired) electrons. The first-order valence-electron chi connectivity index (χ1n) is 8.34. The van der Waals surface area contributed by atoms with Crippen molar-refractivity contribution in [2.24, 2.45) is 0 Å². The summed E-state index contributed by atoms with van der Waals surface area (Å²) in [6.45, 7) is 2.49. The molecule has 134 valence electrons. The van der Waals surface area contributed by atoms with E-state index in [0.29, 0.717) is 29.9 Å². The maximum absolute atomic E-state index is 12.3. The first kappa shape index (κ1) is 17.5. The molecule has 0 unspecified atom stereocenters. The number of rotatable bonds is 6. The average Bonchev–Trinajstić information content (AvgIpc) is 3.13. The van der Waals surface area contributed by atoms with Crippen molar-refractivity contribution in [3.8, 4) is 22.8 Å². The van der Waals surface area contributed by atoms with Gasteiger partial charge in [0.05, 0.1) is 12.8 Å². The summed E-state index contributed by atoms with van der Waals surface area (Å²) >= 11 is 0. The molecule has 1 heterocycles. The van der Waals surface area contributed by atoms with E-state index in [1.165, 1.54) is 0 Å². The quantitative estimate of drug-likeness (QED) is 0.637. The van der Waals surface area contributed by atoms with Gasteiger partial charge in [0.2, 0.25) is 0 Å². The minimum atomic E-state index is -0.238. The van der Waals surface area contributed by atoms with Gasteiger partial charge in [0.15, 0.2) is 0 Å². The van der Waals surface area contributed by atoms with Crippen LogP contribution < -0.4 is 10.1 Å². The summed E-state index contributed by atoms with van der Waals surface area (Å²) in [5, 5.41) is 19.6. The predicted molar refractivity (Wildman–Crippen MR) is 99.5 cm³/mol. The number of carbonyl (C=O) groups excluding carboxylic acids is 1. The molecule has 0 bridgehead atoms. The number of aromatic amines is 1. The number of hydrogen-bond acceptors (Lipinski definition) is 4. The van der Waals surface area contributed by atoms with Gasteiger partial charge < -0.3 is 15.2 Å². The zero-order chi connectivity index (χ0) is 18.5. The molecule has 0 saturated heterocycles. The van der Waals surface area contributed by atoms with Gasteiger partial charge in [-0.3, -0.25) is 9.89 Å². The number of nitrogens with zero attached hydrogens (tertiary/aromatic N) is 1. The highest BCUT2D eigenvalue weighted by molar-refractivity contribution is 5.93. The molecule has 3 N–H and O–H groups in total. The van der Waals surface area contributed by atoms with E-state index in [1.54, 1.807) is 37.4 Å². The maximum atomic E-state index is 12.3. The van der Waals surface area contributed by atoms with Gasteiger partial charge in [-0.15, -0.1) is 0 Å². The number of aromatic hydroxyl groups is 1. The Hall–Kier alpha value is -3.28. The normalized spacial score (nSPS) is 10.5. The molecule has 3 rings (SSSR count). The lowest BCUT2D eigenvalue weighted by molar-refractivity contribution is 0.0949. The summed E-state index contributed by atoms with van der Waals surface area (Å²) < 4.78 is 5.32. The number of H-pyrrole nitrogens is 1. The molecule has 0 aliphatic carbocycles. The fourth-order valence-electron chi connectivity index (χ4n) is 2.70. The van der Waals surface area contributed by atoms with E-state index >= 15 is 0 Å². The van der Waals surface area contributed by atoms with Crippen LogP contribution in [0, 0.1) is 6.92 Å². The van der Waals surface area contributed by atoms with Crippen LogP contribution in [0.4, 0.5) is 0 Å². The van der Waals surface area contributed by atoms with Crippen molar-refractivity contribution in [2.75, 3.05) is 13.7 Å². The summed E-state index contributed by atoms with van der Waals surface area (Å²) in [4.78, 5) is 12.3. The maximum Gasteiger partial charge on any atom is 0.269 e. The first-order valence-corrected chi connectivity index (χ1v) is 8.34. The summed E-state index contributed by atoms with van der Waals surface area (Å²) in [7, 11) is 1.65. The molecule has 2 aromatic carbocycles. The number of benzene rings is 2. The van der Waals surface area contributed by atoms with Crippen LogP contribution >= 0.6 is 0 Å². The summed E-state index contributed by atoms with van der Waals surface area (Å²) in [6, 6.07) is 14.5. The number of hydrogen-bond donors (Lipinski definition) is 3. The number of para-hydroxylation sites is 1. The lowest BCUT2D eigenvalue weighted by atomic mass is 10.1. The third-order valence-corrected chi connectivity index (χ3v) is 4.17. The van der Waals surface area contributed by atoms with E-state index in [1.807, 2.05) is 25.1 Å². The Kier molecular flexibility index (Phi) is 5.22. The van der Waals surface area contributed by atoms with Gasteiger partial charge in [0.25, 0.3) is 5.91 Å². The summed E-state index contributed by atoms with van der Waals surface area (Å²) in [6.07, 6.45) is 0.697. The third kappa shape index (κ3) is 3.85. The number of amides is 1. The molecule has 1 amide bonds. The van der Waals surface area contributed by atoms with Crippen molar-refractivity contribution in [1.82, 2.24) is 15.5 Å². The van der Waals surface area contributed by atoms with Crippen molar-refractivity contribution in [1.29, 1.82) is 0 Å². The fraction of sp³-hybridized carbons (Fsp3) is 0.200. The molecule has 3 aromatic rings. The molecule has 0 spiro atoms. The number of nitrogens with one attached hydrogen (secondary N) is 2. The van der Waals surface area contributed by atoms with Gasteiger partial charge in [-0.25, -0.2) is 0 Å². The van der Waals surface area contributed by atoms with Crippen LogP contribution in [0.5, 0.6) is 11.5 Å². The zero-order valence-corrected chi connectivity index (χ0v) is 14.7. The molecule has 26 heavy (non-hydrogen) atoms. The number of aromatic nitrogens is 2. The molecule has 0 saturated carbocycles. The van der Waals surface area contributed by atoms with Gasteiger partial charge in [-0.2, -0.15) is 5.10 Å². The monoisotopic (exact) mass is 351 g/mol. The minimum absolute atomic E-state index is 0.124. The summed E-state index contributed by atoms with van der Waals surface area (Å²) in [5.41, 5.74) is 3.62. The second-order valence-electron chi connectivity index (χ2n) is 5.99. The van der Waals surface area contributed by atoms with Crippen LogP contribution in [-0.4, -0.2) is 34.9 Å². The Balaban J connectivity index is 1.60. The number of phenols is 1. The number of aryl methyl sites for hydroxylation is 1. The molecule has 0 atom stereocenters. The SMILES string of the molecule is COc1cc(CCNC(=O)c2cc(-c3ccccc3O)n[nH]2)ccc1C. The highest BCUT2D eigenvalue weighted by Gasteiger charge is 2.12. The zero-order valence-electron chi connectivity index (χ0n) is 14.7. The van der Waals surface area contributed by atoms with E-state index in [4.69, 9.17) is 4.74 Å². The molecule has 6 nitrogen and oxygen atoms in total.